The number of carboxylic acids is 1. The van der Waals surface area contributed by atoms with Gasteiger partial charge in [-0.25, -0.2) is 14.8 Å². The fourth-order valence-electron chi connectivity index (χ4n) is 6.10. The number of methoxy groups -OCH3 is 1. The third kappa shape index (κ3) is 4.81. The van der Waals surface area contributed by atoms with Crippen molar-refractivity contribution in [1.29, 1.82) is 0 Å². The summed E-state index contributed by atoms with van der Waals surface area (Å²) in [4.78, 5) is 58.2. The van der Waals surface area contributed by atoms with Gasteiger partial charge in [0.1, 0.15) is 5.92 Å². The normalized spacial score (nSPS) is 15.5. The third-order valence-corrected chi connectivity index (χ3v) is 8.48. The van der Waals surface area contributed by atoms with E-state index in [2.05, 4.69) is 13.2 Å². The fraction of sp³-hybridized carbons (Fsp3) is 0.171. The van der Waals surface area contributed by atoms with Crippen molar-refractivity contribution in [2.24, 2.45) is 0 Å². The smallest absolute Gasteiger partial charge is 0.657 e. The molecule has 8 bridgehead atoms. The predicted octanol–water partition coefficient (Wildman–Crippen LogP) is 5.59. The number of allylic oxidation sites excluding steroid dienone is 6. The maximum absolute atomic E-state index is 13.9. The second kappa shape index (κ2) is 11.6. The molecule has 0 fully saturated rings. The van der Waals surface area contributed by atoms with Gasteiger partial charge in [-0.3, -0.25) is 9.59 Å². The summed E-state index contributed by atoms with van der Waals surface area (Å²) in [6, 6.07) is 5.52. The Labute approximate surface area is 275 Å². The number of esters is 1. The minimum absolute atomic E-state index is 0. The zero-order valence-electron chi connectivity index (χ0n) is 25.6. The summed E-state index contributed by atoms with van der Waals surface area (Å²) in [7, 11) is 1.22. The second-order valence-corrected chi connectivity index (χ2v) is 10.8. The number of Topliss-reactive ketones (excluding diaryl/α,β-unsaturated/α-hetero) is 1. The number of carbonyl (C=O) groups is 3. The third-order valence-electron chi connectivity index (χ3n) is 8.48. The zero-order chi connectivity index (χ0) is 31.6. The molecule has 10 heteroatoms. The summed E-state index contributed by atoms with van der Waals surface area (Å²) in [6.45, 7) is 15.5. The molecule has 1 aliphatic carbocycles. The van der Waals surface area contributed by atoms with Gasteiger partial charge in [-0.05, 0) is 56.0 Å². The second-order valence-electron chi connectivity index (χ2n) is 10.8. The molecule has 3 aromatic heterocycles. The van der Waals surface area contributed by atoms with Crippen LogP contribution in [0.5, 0.6) is 0 Å². The predicted molar refractivity (Wildman–Crippen MR) is 175 cm³/mol. The van der Waals surface area contributed by atoms with Crippen LogP contribution in [0, 0.1) is 13.8 Å². The first-order chi connectivity index (χ1) is 21.0. The topological polar surface area (TPSA) is 135 Å². The Morgan fingerprint density at radius 2 is 1.51 bits per heavy atom. The van der Waals surface area contributed by atoms with Gasteiger partial charge in [0.15, 0.2) is 5.78 Å². The Morgan fingerprint density at radius 3 is 2.16 bits per heavy atom. The van der Waals surface area contributed by atoms with E-state index in [1.165, 1.54) is 13.2 Å². The molecule has 220 valence electrons. The van der Waals surface area contributed by atoms with Gasteiger partial charge >= 0.3 is 35.0 Å². The van der Waals surface area contributed by atoms with Crippen LogP contribution in [-0.2, 0) is 14.3 Å². The van der Waals surface area contributed by atoms with Gasteiger partial charge in [-0.2, -0.15) is 0 Å². The number of ketones is 1. The van der Waals surface area contributed by atoms with Gasteiger partial charge in [0.25, 0.3) is 0 Å². The maximum Gasteiger partial charge on any atom is 2.00 e. The monoisotopic (exact) mass is 608 g/mol. The summed E-state index contributed by atoms with van der Waals surface area (Å²) >= 11 is 0. The molecular formula is C35H28MgN4O5. The molecule has 0 spiro atoms. The number of ether oxygens (including phenoxy) is 1. The van der Waals surface area contributed by atoms with E-state index in [0.29, 0.717) is 61.4 Å². The standard InChI is InChI=1S/C35H30N4O5.Mg/c1-8-19-15(3)22-12-24-17(5)21(10-11-28(40)41)32(38-24)30-31(35(43)44-7)34(42)29-18(6)25(39-33(29)30)14-27-20(9-2)16(4)23(37-27)13-26(19)36-22;/h8-14,31H,1-2H2,3-7H3,(H3,36,37,38,39,40,41,42);/q;+2/p-2/b11-10-,22-12?,23-13?,24-12?,25-14?,26-13?,27-14?,32-30?;/t31-;/m1./s1. The summed E-state index contributed by atoms with van der Waals surface area (Å²) in [5.74, 6) is -3.68. The Bertz CT molecular complexity index is 2160. The van der Waals surface area contributed by atoms with Crippen LogP contribution in [0.1, 0.15) is 75.2 Å². The van der Waals surface area contributed by atoms with E-state index in [0.717, 1.165) is 28.3 Å². The number of rotatable bonds is 5. The molecule has 0 radical (unpaired) electrons. The number of hydrogen-bond donors (Lipinski definition) is 1. The van der Waals surface area contributed by atoms with E-state index in [-0.39, 0.29) is 34.3 Å². The van der Waals surface area contributed by atoms with E-state index < -0.39 is 23.6 Å². The molecule has 3 aromatic rings. The molecule has 5 heterocycles. The van der Waals surface area contributed by atoms with Crippen LogP contribution < -0.4 is 9.97 Å². The van der Waals surface area contributed by atoms with Crippen molar-refractivity contribution in [3.63, 3.8) is 0 Å². The van der Waals surface area contributed by atoms with Crippen LogP contribution in [0.25, 0.3) is 50.4 Å². The van der Waals surface area contributed by atoms with Crippen molar-refractivity contribution < 1.29 is 24.2 Å². The average Bonchev–Trinajstić information content (AvgIpc) is 3.72. The Kier molecular flexibility index (Phi) is 8.15. The van der Waals surface area contributed by atoms with Crippen LogP contribution in [0.3, 0.4) is 0 Å². The van der Waals surface area contributed by atoms with E-state index >= 15 is 0 Å². The van der Waals surface area contributed by atoms with E-state index in [9.17, 15) is 19.5 Å². The minimum Gasteiger partial charge on any atom is -0.657 e. The van der Waals surface area contributed by atoms with Crippen LogP contribution in [0.4, 0.5) is 0 Å². The number of fused-ring (bicyclic) bond motifs is 8. The molecule has 0 unspecified atom stereocenters. The molecule has 6 rings (SSSR count). The Hall–Kier alpha value is -4.80. The van der Waals surface area contributed by atoms with Crippen molar-refractivity contribution in [1.82, 2.24) is 19.9 Å². The molecule has 0 aromatic carbocycles. The van der Waals surface area contributed by atoms with Gasteiger partial charge in [-0.15, -0.1) is 22.1 Å². The van der Waals surface area contributed by atoms with Crippen LogP contribution in [-0.4, -0.2) is 63.0 Å². The summed E-state index contributed by atoms with van der Waals surface area (Å²) < 4.78 is 5.07. The van der Waals surface area contributed by atoms with Crippen LogP contribution in [0.15, 0.2) is 49.6 Å². The summed E-state index contributed by atoms with van der Waals surface area (Å²) in [5, 5.41) is 9.47. The SMILES string of the molecule is C=CC1=C(C)c2cc3[n-]c(cc4nc(c5c6[n-]c(cc1n2)c(C)c6C(=O)[C@@H]5C(=O)OC)C(/C=C\C(=O)O)=C4C)c(C)c3C=C.[Mg+2]. The van der Waals surface area contributed by atoms with Crippen LogP contribution >= 0.6 is 0 Å². The molecule has 1 N–H and O–H groups in total. The van der Waals surface area contributed by atoms with Crippen molar-refractivity contribution >= 4 is 91.2 Å². The molecule has 2 aliphatic heterocycles. The van der Waals surface area contributed by atoms with Crippen molar-refractivity contribution in [2.75, 3.05) is 7.11 Å². The molecule has 0 amide bonds. The molecular weight excluding hydrogens is 581 g/mol. The van der Waals surface area contributed by atoms with E-state index in [1.807, 2.05) is 26.0 Å². The van der Waals surface area contributed by atoms with Gasteiger partial charge in [-0.1, -0.05) is 54.6 Å². The molecule has 9 nitrogen and oxygen atoms in total. The van der Waals surface area contributed by atoms with Crippen molar-refractivity contribution in [3.8, 4) is 0 Å². The Morgan fingerprint density at radius 1 is 0.889 bits per heavy atom. The number of carboxylic acid groups (broad SMARTS) is 1. The number of aryl methyl sites for hydroxylation is 2. The van der Waals surface area contributed by atoms with Gasteiger partial charge in [0.05, 0.1) is 29.9 Å². The molecule has 0 saturated heterocycles. The first-order valence-corrected chi connectivity index (χ1v) is 13.9. The van der Waals surface area contributed by atoms with Crippen molar-refractivity contribution in [2.45, 2.75) is 33.6 Å². The van der Waals surface area contributed by atoms with Crippen molar-refractivity contribution in [3.05, 3.63) is 100 Å². The first-order valence-electron chi connectivity index (χ1n) is 13.9. The minimum atomic E-state index is -1.31. The molecule has 0 saturated carbocycles. The van der Waals surface area contributed by atoms with Gasteiger partial charge in [0, 0.05) is 22.8 Å². The average molecular weight is 609 g/mol. The number of aliphatic carboxylic acids is 1. The Balaban J connectivity index is 0.00000400. The van der Waals surface area contributed by atoms with Gasteiger partial charge < -0.3 is 19.8 Å². The number of hydrogen-bond acceptors (Lipinski definition) is 6. The number of aromatic nitrogens is 4. The molecule has 45 heavy (non-hydrogen) atoms. The molecule has 1 atom stereocenters. The zero-order valence-corrected chi connectivity index (χ0v) is 27.0. The van der Waals surface area contributed by atoms with E-state index in [4.69, 9.17) is 24.7 Å². The van der Waals surface area contributed by atoms with Gasteiger partial charge in [0.2, 0.25) is 0 Å². The summed E-state index contributed by atoms with van der Waals surface area (Å²) in [6.07, 6.45) is 5.91. The van der Waals surface area contributed by atoms with E-state index in [1.54, 1.807) is 32.1 Å². The number of carbonyl (C=O) groups excluding carboxylic acids is 2. The summed E-state index contributed by atoms with van der Waals surface area (Å²) in [5.41, 5.74) is 9.96. The largest absolute Gasteiger partial charge is 2.00 e. The fourth-order valence-corrected chi connectivity index (χ4v) is 6.10. The quantitative estimate of drug-likeness (QED) is 0.170. The maximum atomic E-state index is 13.9. The first kappa shape index (κ1) is 31.6. The number of nitrogens with zero attached hydrogens (tertiary/aromatic N) is 4. The molecule has 3 aliphatic rings. The van der Waals surface area contributed by atoms with Crippen LogP contribution in [0.2, 0.25) is 0 Å².